The maximum Gasteiger partial charge on any atom is 0.315 e. The minimum atomic E-state index is -0.812. The highest BCUT2D eigenvalue weighted by molar-refractivity contribution is 9.10. The molecule has 0 fully saturated rings. The largest absolute Gasteiger partial charge is 0.496 e. The van der Waals surface area contributed by atoms with Gasteiger partial charge in [-0.1, -0.05) is 15.9 Å². The van der Waals surface area contributed by atoms with E-state index in [1.54, 1.807) is 19.6 Å². The van der Waals surface area contributed by atoms with E-state index in [0.717, 1.165) is 15.6 Å². The van der Waals surface area contributed by atoms with Crippen molar-refractivity contribution in [2.75, 3.05) is 14.2 Å². The van der Waals surface area contributed by atoms with Crippen LogP contribution in [-0.2, 0) is 21.5 Å². The molecule has 0 bridgehead atoms. The zero-order chi connectivity index (χ0) is 16.3. The summed E-state index contributed by atoms with van der Waals surface area (Å²) in [6, 6.07) is 3.88. The van der Waals surface area contributed by atoms with Gasteiger partial charge < -0.3 is 14.0 Å². The van der Waals surface area contributed by atoms with Crippen molar-refractivity contribution in [1.29, 1.82) is 0 Å². The van der Waals surface area contributed by atoms with Crippen LogP contribution in [-0.4, -0.2) is 29.7 Å². The lowest BCUT2D eigenvalue weighted by Crippen LogP contribution is -2.31. The molecule has 0 spiro atoms. The van der Waals surface area contributed by atoms with Crippen LogP contribution in [0.25, 0.3) is 0 Å². The fraction of sp³-hybridized carbons (Fsp3) is 0.375. The van der Waals surface area contributed by atoms with Crippen molar-refractivity contribution in [2.45, 2.75) is 25.8 Å². The molecule has 6 heteroatoms. The maximum atomic E-state index is 12.1. The molecular weight excluding hydrogens is 348 g/mol. The van der Waals surface area contributed by atoms with Crippen molar-refractivity contribution in [1.82, 2.24) is 9.55 Å². The molecule has 118 valence electrons. The number of esters is 1. The van der Waals surface area contributed by atoms with Gasteiger partial charge in [0.25, 0.3) is 0 Å². The third kappa shape index (κ3) is 3.16. The van der Waals surface area contributed by atoms with E-state index >= 15 is 0 Å². The van der Waals surface area contributed by atoms with Gasteiger partial charge in [-0.3, -0.25) is 4.79 Å². The van der Waals surface area contributed by atoms with Crippen LogP contribution < -0.4 is 4.74 Å². The number of aromatic nitrogens is 2. The second-order valence-corrected chi connectivity index (χ2v) is 6.41. The molecule has 0 N–H and O–H groups in total. The van der Waals surface area contributed by atoms with Crippen molar-refractivity contribution in [3.05, 3.63) is 46.5 Å². The van der Waals surface area contributed by atoms with Crippen molar-refractivity contribution >= 4 is 21.9 Å². The quantitative estimate of drug-likeness (QED) is 0.762. The van der Waals surface area contributed by atoms with Gasteiger partial charge in [0.15, 0.2) is 0 Å². The number of nitrogens with zero attached hydrogens (tertiary/aromatic N) is 2. The summed E-state index contributed by atoms with van der Waals surface area (Å²) in [5.41, 5.74) is 0.932. The molecule has 22 heavy (non-hydrogen) atoms. The van der Waals surface area contributed by atoms with Crippen LogP contribution in [0.1, 0.15) is 25.0 Å². The molecule has 0 aliphatic carbocycles. The molecule has 1 aromatic heterocycles. The van der Waals surface area contributed by atoms with E-state index < -0.39 is 5.41 Å². The summed E-state index contributed by atoms with van der Waals surface area (Å²) in [5, 5.41) is 0. The number of hydrogen-bond donors (Lipinski definition) is 0. The average molecular weight is 367 g/mol. The molecular formula is C16H19BrN2O3. The Morgan fingerprint density at radius 2 is 2.09 bits per heavy atom. The highest BCUT2D eigenvalue weighted by Gasteiger charge is 2.35. The van der Waals surface area contributed by atoms with Crippen LogP contribution in [0.5, 0.6) is 5.75 Å². The molecule has 2 rings (SSSR count). The zero-order valence-corrected chi connectivity index (χ0v) is 14.7. The molecule has 1 heterocycles. The number of carbonyl (C=O) groups is 1. The number of carbonyl (C=O) groups excluding carboxylic acids is 1. The zero-order valence-electron chi connectivity index (χ0n) is 13.1. The summed E-state index contributed by atoms with van der Waals surface area (Å²) >= 11 is 3.51. The predicted molar refractivity (Wildman–Crippen MR) is 87.1 cm³/mol. The summed E-state index contributed by atoms with van der Waals surface area (Å²) in [5.74, 6) is 0.379. The van der Waals surface area contributed by atoms with Gasteiger partial charge in [0, 0.05) is 28.0 Å². The highest BCUT2D eigenvalue weighted by atomic mass is 79.9. The Labute approximate surface area is 138 Å². The van der Waals surface area contributed by atoms with Crippen LogP contribution in [0.15, 0.2) is 35.3 Å². The second kappa shape index (κ2) is 6.52. The lowest BCUT2D eigenvalue weighted by molar-refractivity contribution is -0.146. The number of rotatable bonds is 5. The first-order valence-corrected chi connectivity index (χ1v) is 7.60. The van der Waals surface area contributed by atoms with Crippen molar-refractivity contribution in [3.8, 4) is 5.75 Å². The van der Waals surface area contributed by atoms with Gasteiger partial charge in [-0.2, -0.15) is 0 Å². The number of benzene rings is 1. The van der Waals surface area contributed by atoms with E-state index in [-0.39, 0.29) is 5.97 Å². The van der Waals surface area contributed by atoms with E-state index in [2.05, 4.69) is 20.9 Å². The van der Waals surface area contributed by atoms with Crippen LogP contribution in [0.2, 0.25) is 0 Å². The Morgan fingerprint density at radius 1 is 1.36 bits per heavy atom. The normalized spacial score (nSPS) is 11.3. The molecule has 0 aliphatic rings. The van der Waals surface area contributed by atoms with Crippen molar-refractivity contribution in [3.63, 3.8) is 0 Å². The Kier molecular flexibility index (Phi) is 4.90. The van der Waals surface area contributed by atoms with E-state index in [9.17, 15) is 4.79 Å². The summed E-state index contributed by atoms with van der Waals surface area (Å²) in [4.78, 5) is 16.2. The highest BCUT2D eigenvalue weighted by Crippen LogP contribution is 2.38. The van der Waals surface area contributed by atoms with Crippen LogP contribution >= 0.6 is 15.9 Å². The third-order valence-electron chi connectivity index (χ3n) is 3.62. The van der Waals surface area contributed by atoms with Crippen LogP contribution in [0, 0.1) is 0 Å². The number of ether oxygens (including phenoxy) is 2. The minimum Gasteiger partial charge on any atom is -0.496 e. The summed E-state index contributed by atoms with van der Waals surface area (Å²) in [6.07, 6.45) is 5.35. The molecule has 0 aliphatic heterocycles. The minimum absolute atomic E-state index is 0.308. The number of hydrogen-bond acceptors (Lipinski definition) is 4. The Morgan fingerprint density at radius 3 is 2.64 bits per heavy atom. The molecule has 0 saturated carbocycles. The van der Waals surface area contributed by atoms with Gasteiger partial charge in [-0.05, 0) is 26.0 Å². The Bertz CT molecular complexity index is 666. The summed E-state index contributed by atoms with van der Waals surface area (Å²) in [7, 11) is 3.00. The molecule has 1 aromatic carbocycles. The van der Waals surface area contributed by atoms with E-state index in [1.165, 1.54) is 7.11 Å². The van der Waals surface area contributed by atoms with Crippen LogP contribution in [0.3, 0.4) is 0 Å². The second-order valence-electron chi connectivity index (χ2n) is 5.50. The lowest BCUT2D eigenvalue weighted by Gasteiger charge is -2.26. The number of methoxy groups -OCH3 is 2. The first kappa shape index (κ1) is 16.5. The van der Waals surface area contributed by atoms with Gasteiger partial charge >= 0.3 is 5.97 Å². The lowest BCUT2D eigenvalue weighted by atomic mass is 9.83. The SMILES string of the molecule is COC(=O)C(C)(C)c1cc(Br)cc(Cn2ccnc2)c1OC. The maximum absolute atomic E-state index is 12.1. The van der Waals surface area contributed by atoms with Gasteiger partial charge in [-0.15, -0.1) is 0 Å². The molecule has 0 radical (unpaired) electrons. The topological polar surface area (TPSA) is 53.4 Å². The summed E-state index contributed by atoms with van der Waals surface area (Å²) in [6.45, 7) is 4.25. The van der Waals surface area contributed by atoms with Gasteiger partial charge in [0.1, 0.15) is 5.75 Å². The van der Waals surface area contributed by atoms with E-state index in [1.807, 2.05) is 36.7 Å². The first-order valence-electron chi connectivity index (χ1n) is 6.81. The Hall–Kier alpha value is -1.82. The van der Waals surface area contributed by atoms with E-state index in [4.69, 9.17) is 9.47 Å². The molecule has 2 aromatic rings. The standard InChI is InChI=1S/C16H19BrN2O3/c1-16(2,15(20)22-4)13-8-12(17)7-11(14(13)21-3)9-19-6-5-18-10-19/h5-8,10H,9H2,1-4H3. The monoisotopic (exact) mass is 366 g/mol. The van der Waals surface area contributed by atoms with Crippen molar-refractivity contribution in [2.24, 2.45) is 0 Å². The first-order chi connectivity index (χ1) is 10.4. The molecule has 0 unspecified atom stereocenters. The van der Waals surface area contributed by atoms with Gasteiger partial charge in [0.05, 0.1) is 32.5 Å². The van der Waals surface area contributed by atoms with Crippen molar-refractivity contribution < 1.29 is 14.3 Å². The van der Waals surface area contributed by atoms with Gasteiger partial charge in [-0.25, -0.2) is 4.98 Å². The fourth-order valence-corrected chi connectivity index (χ4v) is 2.92. The molecule has 0 atom stereocenters. The Balaban J connectivity index is 2.55. The fourth-order valence-electron chi connectivity index (χ4n) is 2.41. The third-order valence-corrected chi connectivity index (χ3v) is 4.07. The van der Waals surface area contributed by atoms with E-state index in [0.29, 0.717) is 12.3 Å². The smallest absolute Gasteiger partial charge is 0.315 e. The van der Waals surface area contributed by atoms with Gasteiger partial charge in [0.2, 0.25) is 0 Å². The summed E-state index contributed by atoms with van der Waals surface area (Å²) < 4.78 is 13.4. The molecule has 0 amide bonds. The van der Waals surface area contributed by atoms with Crippen LogP contribution in [0.4, 0.5) is 0 Å². The average Bonchev–Trinajstić information content (AvgIpc) is 2.98. The number of imidazole rings is 1. The number of halogens is 1. The predicted octanol–water partition coefficient (Wildman–Crippen LogP) is 3.15. The molecule has 0 saturated heterocycles. The molecule has 5 nitrogen and oxygen atoms in total.